The molecule has 3 N–H and O–H groups in total. The molecule has 9 nitrogen and oxygen atoms in total. The van der Waals surface area contributed by atoms with Gasteiger partial charge in [0.05, 0.1) is 17.8 Å². The third kappa shape index (κ3) is 3.95. The van der Waals surface area contributed by atoms with Gasteiger partial charge in [-0.05, 0) is 37.3 Å². The minimum atomic E-state index is -4.77. The van der Waals surface area contributed by atoms with Crippen LogP contribution in [0.4, 0.5) is 19.3 Å². The molecule has 3 amide bonds. The molecule has 0 aliphatic carbocycles. The Morgan fingerprint density at radius 1 is 1.43 bits per heavy atom. The summed E-state index contributed by atoms with van der Waals surface area (Å²) in [6, 6.07) is 2.00. The fourth-order valence-corrected chi connectivity index (χ4v) is 5.34. The van der Waals surface area contributed by atoms with Crippen LogP contribution < -0.4 is 16.0 Å². The van der Waals surface area contributed by atoms with Crippen molar-refractivity contribution in [1.82, 2.24) is 14.9 Å². The first kappa shape index (κ1) is 21.9. The normalized spacial score (nSPS) is 26.2. The number of hydrogen-bond acceptors (Lipinski definition) is 6. The number of benzene rings is 1. The van der Waals surface area contributed by atoms with Crippen molar-refractivity contribution >= 4 is 27.6 Å². The average molecular weight is 441 g/mol. The van der Waals surface area contributed by atoms with E-state index in [9.17, 15) is 26.8 Å². The first-order chi connectivity index (χ1) is 14.1. The molecule has 30 heavy (non-hydrogen) atoms. The number of nitrogens with one attached hydrogen (secondary N) is 3. The molecule has 162 valence electrons. The van der Waals surface area contributed by atoms with E-state index in [1.165, 1.54) is 0 Å². The van der Waals surface area contributed by atoms with Crippen LogP contribution in [0.2, 0.25) is 0 Å². The third-order valence-electron chi connectivity index (χ3n) is 5.48. The highest BCUT2D eigenvalue weighted by Crippen LogP contribution is 2.33. The molecule has 1 aromatic rings. The van der Waals surface area contributed by atoms with Gasteiger partial charge in [0.15, 0.2) is 11.6 Å². The maximum atomic E-state index is 14.1. The van der Waals surface area contributed by atoms with Gasteiger partial charge in [0.25, 0.3) is 10.0 Å². The van der Waals surface area contributed by atoms with Gasteiger partial charge in [-0.1, -0.05) is 6.92 Å². The first-order valence-corrected chi connectivity index (χ1v) is 10.7. The molecule has 3 rings (SSSR count). The Hall–Kier alpha value is -2.78. The summed E-state index contributed by atoms with van der Waals surface area (Å²) in [6.45, 7) is 3.29. The largest absolute Gasteiger partial charge is 0.352 e. The van der Waals surface area contributed by atoms with E-state index in [1.807, 2.05) is 6.92 Å². The van der Waals surface area contributed by atoms with E-state index in [0.717, 1.165) is 6.07 Å². The van der Waals surface area contributed by atoms with Crippen LogP contribution in [0.5, 0.6) is 0 Å². The smallest absolute Gasteiger partial charge is 0.336 e. The Labute approximate surface area is 172 Å². The fourth-order valence-electron chi connectivity index (χ4n) is 3.85. The number of anilines is 1. The summed E-state index contributed by atoms with van der Waals surface area (Å²) in [5.41, 5.74) is -0.391. The van der Waals surface area contributed by atoms with Crippen LogP contribution in [-0.2, 0) is 14.8 Å². The molecular formula is C18H21F2N5O4S. The lowest BCUT2D eigenvalue weighted by Crippen LogP contribution is -2.54. The van der Waals surface area contributed by atoms with E-state index in [-0.39, 0.29) is 28.2 Å². The zero-order valence-electron chi connectivity index (χ0n) is 16.3. The van der Waals surface area contributed by atoms with Gasteiger partial charge >= 0.3 is 6.03 Å². The number of piperidine rings is 1. The van der Waals surface area contributed by atoms with E-state index in [2.05, 4.69) is 22.0 Å². The standard InChI is InChI=1S/C18H21F2N5O4S/c1-9-5-11(6-21)22-7-12(9)10(2)23-15(26)8-25-18(27)24-14-4-3-13(19)16(20)17(14)30(25,28)29/h3-4,9-12,22H,5,7-8H2,1-2H3,(H,23,26)(H,24,27)/t9?,10-,11?,12?/m1/s1. The SMILES string of the molecule is CC1CC(C#N)NCC1[C@@H](C)NC(=O)CN1C(=O)Nc2ccc(F)c(F)c2S1(=O)=O. The Balaban J connectivity index is 1.73. The zero-order valence-corrected chi connectivity index (χ0v) is 17.1. The van der Waals surface area contributed by atoms with Crippen molar-refractivity contribution in [3.63, 3.8) is 0 Å². The Morgan fingerprint density at radius 2 is 2.13 bits per heavy atom. The highest BCUT2D eigenvalue weighted by atomic mass is 32.2. The Morgan fingerprint density at radius 3 is 2.77 bits per heavy atom. The van der Waals surface area contributed by atoms with Crippen molar-refractivity contribution in [3.8, 4) is 6.07 Å². The molecule has 2 aliphatic heterocycles. The lowest BCUT2D eigenvalue weighted by atomic mass is 9.80. The lowest BCUT2D eigenvalue weighted by Gasteiger charge is -2.36. The molecule has 1 fully saturated rings. The van der Waals surface area contributed by atoms with Crippen LogP contribution in [0.25, 0.3) is 0 Å². The quantitative estimate of drug-likeness (QED) is 0.642. The maximum absolute atomic E-state index is 14.1. The summed E-state index contributed by atoms with van der Waals surface area (Å²) in [6.07, 6.45) is 0.603. The number of carbonyl (C=O) groups is 2. The highest BCUT2D eigenvalue weighted by molar-refractivity contribution is 7.90. The molecule has 1 aromatic carbocycles. The molecule has 2 aliphatic rings. The molecule has 0 radical (unpaired) electrons. The minimum Gasteiger partial charge on any atom is -0.352 e. The van der Waals surface area contributed by atoms with E-state index < -0.39 is 50.7 Å². The molecule has 2 heterocycles. The van der Waals surface area contributed by atoms with Crippen LogP contribution in [0.15, 0.2) is 17.0 Å². The number of fused-ring (bicyclic) bond motifs is 1. The van der Waals surface area contributed by atoms with Crippen molar-refractivity contribution in [2.75, 3.05) is 18.4 Å². The number of hydrogen-bond donors (Lipinski definition) is 3. The van der Waals surface area contributed by atoms with Crippen LogP contribution in [-0.4, -0.2) is 49.8 Å². The Kier molecular flexibility index (Phi) is 5.96. The van der Waals surface area contributed by atoms with Gasteiger partial charge < -0.3 is 16.0 Å². The van der Waals surface area contributed by atoms with Gasteiger partial charge in [-0.3, -0.25) is 4.79 Å². The summed E-state index contributed by atoms with van der Waals surface area (Å²) < 4.78 is 53.2. The van der Waals surface area contributed by atoms with E-state index in [4.69, 9.17) is 5.26 Å². The Bertz CT molecular complexity index is 1030. The van der Waals surface area contributed by atoms with Gasteiger partial charge in [0, 0.05) is 12.6 Å². The summed E-state index contributed by atoms with van der Waals surface area (Å²) >= 11 is 0. The summed E-state index contributed by atoms with van der Waals surface area (Å²) in [4.78, 5) is 23.6. The van der Waals surface area contributed by atoms with Crippen molar-refractivity contribution < 1.29 is 26.8 Å². The maximum Gasteiger partial charge on any atom is 0.336 e. The number of amides is 3. The predicted molar refractivity (Wildman–Crippen MR) is 102 cm³/mol. The second-order valence-corrected chi connectivity index (χ2v) is 9.30. The number of nitrogens with zero attached hydrogens (tertiary/aromatic N) is 2. The monoisotopic (exact) mass is 441 g/mol. The van der Waals surface area contributed by atoms with Crippen LogP contribution in [0, 0.1) is 34.8 Å². The number of rotatable bonds is 4. The second-order valence-electron chi connectivity index (χ2n) is 7.50. The molecular weight excluding hydrogens is 420 g/mol. The topological polar surface area (TPSA) is 131 Å². The van der Waals surface area contributed by atoms with Crippen molar-refractivity contribution in [3.05, 3.63) is 23.8 Å². The van der Waals surface area contributed by atoms with Crippen molar-refractivity contribution in [1.29, 1.82) is 5.26 Å². The fraction of sp³-hybridized carbons (Fsp3) is 0.500. The molecule has 12 heteroatoms. The number of urea groups is 1. The lowest BCUT2D eigenvalue weighted by molar-refractivity contribution is -0.122. The van der Waals surface area contributed by atoms with Crippen LogP contribution in [0.3, 0.4) is 0 Å². The summed E-state index contributed by atoms with van der Waals surface area (Å²) in [7, 11) is -4.77. The van der Waals surface area contributed by atoms with Crippen molar-refractivity contribution in [2.24, 2.45) is 11.8 Å². The third-order valence-corrected chi connectivity index (χ3v) is 7.27. The van der Waals surface area contributed by atoms with Gasteiger partial charge in [-0.25, -0.2) is 26.3 Å². The molecule has 4 atom stereocenters. The highest BCUT2D eigenvalue weighted by Gasteiger charge is 2.41. The van der Waals surface area contributed by atoms with E-state index >= 15 is 0 Å². The number of nitriles is 1. The van der Waals surface area contributed by atoms with Crippen LogP contribution in [0.1, 0.15) is 20.3 Å². The molecule has 0 bridgehead atoms. The first-order valence-electron chi connectivity index (χ1n) is 9.30. The van der Waals surface area contributed by atoms with Gasteiger partial charge in [0.1, 0.15) is 11.4 Å². The van der Waals surface area contributed by atoms with Gasteiger partial charge in [0.2, 0.25) is 5.91 Å². The van der Waals surface area contributed by atoms with Gasteiger partial charge in [-0.2, -0.15) is 5.26 Å². The molecule has 0 spiro atoms. The van der Waals surface area contributed by atoms with Gasteiger partial charge in [-0.15, -0.1) is 0 Å². The second kappa shape index (κ2) is 8.16. The number of carbonyl (C=O) groups excluding carboxylic acids is 2. The summed E-state index contributed by atoms with van der Waals surface area (Å²) in [5, 5.41) is 16.9. The molecule has 0 aromatic heterocycles. The molecule has 1 saturated heterocycles. The predicted octanol–water partition coefficient (Wildman–Crippen LogP) is 1.14. The van der Waals surface area contributed by atoms with Crippen LogP contribution >= 0.6 is 0 Å². The summed E-state index contributed by atoms with van der Waals surface area (Å²) in [5.74, 6) is -3.67. The number of halogens is 2. The van der Waals surface area contributed by atoms with Crippen molar-refractivity contribution in [2.45, 2.75) is 37.2 Å². The average Bonchev–Trinajstić information content (AvgIpc) is 2.67. The molecule has 3 unspecified atom stereocenters. The van der Waals surface area contributed by atoms with E-state index in [1.54, 1.807) is 6.92 Å². The molecule has 0 saturated carbocycles. The zero-order chi connectivity index (χ0) is 22.2. The minimum absolute atomic E-state index is 0.0161. The number of sulfonamides is 1. The van der Waals surface area contributed by atoms with E-state index in [0.29, 0.717) is 19.0 Å².